The lowest BCUT2D eigenvalue weighted by Crippen LogP contribution is -2.30. The lowest BCUT2D eigenvalue weighted by molar-refractivity contribution is 0.252. The lowest BCUT2D eigenvalue weighted by Gasteiger charge is -2.21. The fraction of sp³-hybridized carbons (Fsp3) is 0.235. The minimum Gasteiger partial charge on any atom is -0.497 e. The Kier molecular flexibility index (Phi) is 6.81. The van der Waals surface area contributed by atoms with Gasteiger partial charge in [0, 0.05) is 24.2 Å². The normalized spacial score (nSPS) is 10.5. The van der Waals surface area contributed by atoms with Crippen molar-refractivity contribution in [2.24, 2.45) is 0 Å². The van der Waals surface area contributed by atoms with E-state index in [4.69, 9.17) is 17.0 Å². The number of thioether (sulfide) groups is 1. The maximum atomic E-state index is 12.3. The predicted octanol–water partition coefficient (Wildman–Crippen LogP) is 4.84. The lowest BCUT2D eigenvalue weighted by atomic mass is 10.2. The van der Waals surface area contributed by atoms with Gasteiger partial charge in [0.2, 0.25) is 0 Å². The minimum atomic E-state index is -2.42. The van der Waals surface area contributed by atoms with Crippen LogP contribution in [0.25, 0.3) is 0 Å². The van der Waals surface area contributed by atoms with E-state index in [0.717, 1.165) is 17.0 Å². The molecule has 0 unspecified atom stereocenters. The van der Waals surface area contributed by atoms with Gasteiger partial charge in [-0.25, -0.2) is 0 Å². The summed E-state index contributed by atoms with van der Waals surface area (Å²) in [4.78, 5) is 2.42. The second kappa shape index (κ2) is 8.84. The van der Waals surface area contributed by atoms with Gasteiger partial charge in [0.1, 0.15) is 5.75 Å². The quantitative estimate of drug-likeness (QED) is 0.581. The Morgan fingerprint density at radius 1 is 1.17 bits per heavy atom. The summed E-state index contributed by atoms with van der Waals surface area (Å²) < 4.78 is 29.7. The summed E-state index contributed by atoms with van der Waals surface area (Å²) >= 11 is 5.90. The van der Waals surface area contributed by atoms with E-state index < -0.39 is 5.76 Å². The summed E-state index contributed by atoms with van der Waals surface area (Å²) in [6.45, 7) is 0.648. The fourth-order valence-electron chi connectivity index (χ4n) is 2.02. The maximum absolute atomic E-state index is 12.3. The van der Waals surface area contributed by atoms with Gasteiger partial charge >= 0.3 is 0 Å². The molecule has 0 bridgehead atoms. The van der Waals surface area contributed by atoms with Crippen LogP contribution in [-0.2, 0) is 6.54 Å². The zero-order chi connectivity index (χ0) is 17.5. The van der Waals surface area contributed by atoms with Crippen molar-refractivity contribution in [3.05, 3.63) is 54.1 Å². The van der Waals surface area contributed by atoms with Crippen LogP contribution in [0, 0.1) is 0 Å². The molecule has 0 radical (unpaired) electrons. The van der Waals surface area contributed by atoms with Gasteiger partial charge in [0.15, 0.2) is 5.11 Å². The predicted molar refractivity (Wildman–Crippen MR) is 99.0 cm³/mol. The standard InChI is InChI=1S/C17H18F2N2OS2/c1-21(11-12-3-7-14(22-2)8-4-12)17(23)20-13-5-9-15(10-6-13)24-16(18)19/h3-10,16H,11H2,1-2H3,(H,20,23). The molecule has 0 atom stereocenters. The Bertz CT molecular complexity index is 663. The largest absolute Gasteiger partial charge is 0.497 e. The van der Waals surface area contributed by atoms with E-state index in [-0.39, 0.29) is 0 Å². The van der Waals surface area contributed by atoms with Gasteiger partial charge in [-0.15, -0.1) is 0 Å². The van der Waals surface area contributed by atoms with E-state index in [1.807, 2.05) is 36.2 Å². The molecule has 0 saturated carbocycles. The summed E-state index contributed by atoms with van der Waals surface area (Å²) in [6.07, 6.45) is 0. The highest BCUT2D eigenvalue weighted by molar-refractivity contribution is 7.99. The molecule has 24 heavy (non-hydrogen) atoms. The van der Waals surface area contributed by atoms with Crippen LogP contribution in [0.2, 0.25) is 0 Å². The first-order chi connectivity index (χ1) is 11.5. The van der Waals surface area contributed by atoms with Crippen molar-refractivity contribution in [3.63, 3.8) is 0 Å². The monoisotopic (exact) mass is 368 g/mol. The number of methoxy groups -OCH3 is 1. The van der Waals surface area contributed by atoms with Gasteiger partial charge in [0.05, 0.1) is 7.11 Å². The molecular weight excluding hydrogens is 350 g/mol. The Morgan fingerprint density at radius 3 is 2.33 bits per heavy atom. The van der Waals surface area contributed by atoms with E-state index in [0.29, 0.717) is 28.3 Å². The van der Waals surface area contributed by atoms with Gasteiger partial charge in [-0.1, -0.05) is 23.9 Å². The molecule has 0 amide bonds. The first kappa shape index (κ1) is 18.5. The summed E-state index contributed by atoms with van der Waals surface area (Å²) in [6, 6.07) is 14.5. The SMILES string of the molecule is COc1ccc(CN(C)C(=S)Nc2ccc(SC(F)F)cc2)cc1. The third-order valence-electron chi connectivity index (χ3n) is 3.26. The molecule has 128 valence electrons. The van der Waals surface area contributed by atoms with Crippen molar-refractivity contribution in [2.45, 2.75) is 17.2 Å². The van der Waals surface area contributed by atoms with Gasteiger partial charge in [-0.05, 0) is 54.2 Å². The average Bonchev–Trinajstić information content (AvgIpc) is 2.56. The van der Waals surface area contributed by atoms with E-state index in [2.05, 4.69) is 5.32 Å². The average molecular weight is 368 g/mol. The highest BCUT2D eigenvalue weighted by Gasteiger charge is 2.08. The van der Waals surface area contributed by atoms with Crippen LogP contribution in [-0.4, -0.2) is 29.9 Å². The number of benzene rings is 2. The van der Waals surface area contributed by atoms with Crippen molar-refractivity contribution in [2.75, 3.05) is 19.5 Å². The first-order valence-corrected chi connectivity index (χ1v) is 8.46. The second-order valence-electron chi connectivity index (χ2n) is 5.04. The third-order valence-corrected chi connectivity index (χ3v) is 4.39. The van der Waals surface area contributed by atoms with Gasteiger partial charge < -0.3 is 15.0 Å². The number of nitrogens with zero attached hydrogens (tertiary/aromatic N) is 1. The molecule has 0 aliphatic rings. The first-order valence-electron chi connectivity index (χ1n) is 7.18. The van der Waals surface area contributed by atoms with Crippen LogP contribution in [0.5, 0.6) is 5.75 Å². The van der Waals surface area contributed by atoms with Crippen molar-refractivity contribution >= 4 is 34.8 Å². The summed E-state index contributed by atoms with van der Waals surface area (Å²) in [5, 5.41) is 3.66. The highest BCUT2D eigenvalue weighted by atomic mass is 32.2. The van der Waals surface area contributed by atoms with Crippen LogP contribution in [0.1, 0.15) is 5.56 Å². The Morgan fingerprint density at radius 2 is 1.79 bits per heavy atom. The number of hydrogen-bond acceptors (Lipinski definition) is 3. The Balaban J connectivity index is 1.90. The van der Waals surface area contributed by atoms with Crippen molar-refractivity contribution in [3.8, 4) is 5.75 Å². The molecule has 1 N–H and O–H groups in total. The van der Waals surface area contributed by atoms with Crippen LogP contribution in [0.3, 0.4) is 0 Å². The number of nitrogens with one attached hydrogen (secondary N) is 1. The third kappa shape index (κ3) is 5.65. The maximum Gasteiger partial charge on any atom is 0.288 e. The second-order valence-corrected chi connectivity index (χ2v) is 6.49. The highest BCUT2D eigenvalue weighted by Crippen LogP contribution is 2.26. The van der Waals surface area contributed by atoms with Gasteiger partial charge in [-0.2, -0.15) is 8.78 Å². The molecule has 2 rings (SSSR count). The van der Waals surface area contributed by atoms with Crippen molar-refractivity contribution in [1.29, 1.82) is 0 Å². The van der Waals surface area contributed by atoms with Crippen molar-refractivity contribution < 1.29 is 13.5 Å². The molecule has 0 aromatic heterocycles. The minimum absolute atomic E-state index is 0.521. The molecule has 7 heteroatoms. The zero-order valence-corrected chi connectivity index (χ0v) is 15.0. The molecule has 0 fully saturated rings. The topological polar surface area (TPSA) is 24.5 Å². The fourth-order valence-corrected chi connectivity index (χ4v) is 2.70. The van der Waals surface area contributed by atoms with Crippen LogP contribution in [0.15, 0.2) is 53.4 Å². The Labute approximate surface area is 150 Å². The molecule has 2 aromatic rings. The molecule has 3 nitrogen and oxygen atoms in total. The zero-order valence-electron chi connectivity index (χ0n) is 13.3. The number of hydrogen-bond donors (Lipinski definition) is 1. The van der Waals surface area contributed by atoms with Crippen LogP contribution >= 0.6 is 24.0 Å². The van der Waals surface area contributed by atoms with Crippen LogP contribution < -0.4 is 10.1 Å². The summed E-state index contributed by atoms with van der Waals surface area (Å²) in [5.74, 6) is -1.61. The van der Waals surface area contributed by atoms with E-state index in [9.17, 15) is 8.78 Å². The van der Waals surface area contributed by atoms with Crippen LogP contribution in [0.4, 0.5) is 14.5 Å². The number of alkyl halides is 2. The Hall–Kier alpha value is -1.86. The number of rotatable bonds is 6. The smallest absolute Gasteiger partial charge is 0.288 e. The number of halogens is 2. The molecule has 0 aliphatic carbocycles. The van der Waals surface area contributed by atoms with E-state index >= 15 is 0 Å². The van der Waals surface area contributed by atoms with Gasteiger partial charge in [-0.3, -0.25) is 0 Å². The van der Waals surface area contributed by atoms with Gasteiger partial charge in [0.25, 0.3) is 5.76 Å². The van der Waals surface area contributed by atoms with E-state index in [1.165, 1.54) is 0 Å². The number of anilines is 1. The molecular formula is C17H18F2N2OS2. The number of ether oxygens (including phenoxy) is 1. The molecule has 0 aliphatic heterocycles. The molecule has 0 spiro atoms. The molecule has 2 aromatic carbocycles. The molecule has 0 saturated heterocycles. The van der Waals surface area contributed by atoms with E-state index in [1.54, 1.807) is 31.4 Å². The number of thiocarbonyl (C=S) groups is 1. The summed E-state index contributed by atoms with van der Waals surface area (Å²) in [7, 11) is 3.52. The summed E-state index contributed by atoms with van der Waals surface area (Å²) in [5.41, 5.74) is 1.87. The molecule has 0 heterocycles. The van der Waals surface area contributed by atoms with Crippen molar-refractivity contribution in [1.82, 2.24) is 4.90 Å².